The monoisotopic (exact) mass is 358 g/mol. The van der Waals surface area contributed by atoms with E-state index in [9.17, 15) is 4.79 Å². The van der Waals surface area contributed by atoms with Crippen LogP contribution in [0.2, 0.25) is 0 Å². The molecule has 1 aliphatic heterocycles. The second-order valence-electron chi connectivity index (χ2n) is 5.95. The maximum absolute atomic E-state index is 12.8. The van der Waals surface area contributed by atoms with Gasteiger partial charge in [-0.1, -0.05) is 0 Å². The van der Waals surface area contributed by atoms with Gasteiger partial charge in [-0.15, -0.1) is 21.5 Å². The molecule has 1 amide bonds. The van der Waals surface area contributed by atoms with E-state index in [0.29, 0.717) is 23.9 Å². The highest BCUT2D eigenvalue weighted by molar-refractivity contribution is 7.13. The van der Waals surface area contributed by atoms with Gasteiger partial charge in [-0.25, -0.2) is 4.98 Å². The number of aromatic nitrogens is 5. The van der Waals surface area contributed by atoms with Crippen molar-refractivity contribution in [2.75, 3.05) is 6.54 Å². The maximum Gasteiger partial charge on any atom is 0.259 e. The highest BCUT2D eigenvalue weighted by Gasteiger charge is 2.35. The van der Waals surface area contributed by atoms with Crippen molar-refractivity contribution < 1.29 is 9.21 Å². The molecule has 0 aromatic carbocycles. The van der Waals surface area contributed by atoms with Crippen molar-refractivity contribution in [3.05, 3.63) is 35.1 Å². The molecule has 0 unspecified atom stereocenters. The molecule has 0 N–H and O–H groups in total. The lowest BCUT2D eigenvalue weighted by atomic mass is 10.2. The Morgan fingerprint density at radius 2 is 2.32 bits per heavy atom. The molecule has 0 spiro atoms. The number of nitrogens with zero attached hydrogens (tertiary/aromatic N) is 6. The standard InChI is InChI=1S/C16H18N6O2S/c1-3-21-8-11(7-18-21)16(23)22-6-4-5-12(22)14-19-20-15(24-14)13-10(2)17-9-25-13/h7-9,12H,3-6H2,1-2H3/t12-/m0/s1. The summed E-state index contributed by atoms with van der Waals surface area (Å²) in [5.74, 6) is 0.903. The van der Waals surface area contributed by atoms with Crippen LogP contribution in [0.1, 0.15) is 47.7 Å². The predicted molar refractivity (Wildman–Crippen MR) is 91.1 cm³/mol. The van der Waals surface area contributed by atoms with Gasteiger partial charge < -0.3 is 9.32 Å². The van der Waals surface area contributed by atoms with Gasteiger partial charge in [0.1, 0.15) is 10.9 Å². The van der Waals surface area contributed by atoms with Crippen molar-refractivity contribution in [1.29, 1.82) is 0 Å². The van der Waals surface area contributed by atoms with Gasteiger partial charge in [0.15, 0.2) is 0 Å². The molecule has 1 fully saturated rings. The van der Waals surface area contributed by atoms with E-state index in [-0.39, 0.29) is 11.9 Å². The van der Waals surface area contributed by atoms with Crippen LogP contribution in [-0.4, -0.2) is 42.3 Å². The van der Waals surface area contributed by atoms with E-state index in [0.717, 1.165) is 30.0 Å². The van der Waals surface area contributed by atoms with Gasteiger partial charge in [0.2, 0.25) is 5.89 Å². The van der Waals surface area contributed by atoms with Crippen molar-refractivity contribution in [2.45, 2.75) is 39.3 Å². The molecule has 8 nitrogen and oxygen atoms in total. The second kappa shape index (κ2) is 6.40. The van der Waals surface area contributed by atoms with Gasteiger partial charge in [0, 0.05) is 19.3 Å². The Morgan fingerprint density at radius 1 is 1.44 bits per heavy atom. The Kier molecular flexibility index (Phi) is 4.08. The predicted octanol–water partition coefficient (Wildman–Crippen LogP) is 2.70. The topological polar surface area (TPSA) is 89.9 Å². The van der Waals surface area contributed by atoms with Crippen LogP contribution in [0, 0.1) is 6.92 Å². The van der Waals surface area contributed by atoms with E-state index >= 15 is 0 Å². The number of aryl methyl sites for hydroxylation is 2. The molecule has 25 heavy (non-hydrogen) atoms. The molecule has 1 aliphatic rings. The zero-order chi connectivity index (χ0) is 17.4. The molecule has 0 aliphatic carbocycles. The molecule has 9 heteroatoms. The van der Waals surface area contributed by atoms with E-state index in [1.54, 1.807) is 27.5 Å². The van der Waals surface area contributed by atoms with Gasteiger partial charge in [0.05, 0.1) is 23.0 Å². The van der Waals surface area contributed by atoms with Crippen LogP contribution in [0.25, 0.3) is 10.8 Å². The average molecular weight is 358 g/mol. The summed E-state index contributed by atoms with van der Waals surface area (Å²) < 4.78 is 7.61. The minimum Gasteiger partial charge on any atom is -0.418 e. The molecule has 130 valence electrons. The Labute approximate surface area is 148 Å². The molecule has 4 heterocycles. The summed E-state index contributed by atoms with van der Waals surface area (Å²) in [6, 6.07) is -0.188. The van der Waals surface area contributed by atoms with Crippen molar-refractivity contribution in [3.63, 3.8) is 0 Å². The Bertz CT molecular complexity index is 898. The van der Waals surface area contributed by atoms with Crippen LogP contribution in [0.3, 0.4) is 0 Å². The lowest BCUT2D eigenvalue weighted by Crippen LogP contribution is -2.30. The first-order valence-electron chi connectivity index (χ1n) is 8.24. The third kappa shape index (κ3) is 2.84. The molecule has 0 saturated carbocycles. The van der Waals surface area contributed by atoms with E-state index in [1.165, 1.54) is 11.3 Å². The van der Waals surface area contributed by atoms with E-state index in [2.05, 4.69) is 20.3 Å². The summed E-state index contributed by atoms with van der Waals surface area (Å²) >= 11 is 1.47. The van der Waals surface area contributed by atoms with Crippen LogP contribution in [0.4, 0.5) is 0 Å². The summed E-state index contributed by atoms with van der Waals surface area (Å²) in [7, 11) is 0. The Hall–Kier alpha value is -2.55. The smallest absolute Gasteiger partial charge is 0.259 e. The largest absolute Gasteiger partial charge is 0.418 e. The first-order valence-corrected chi connectivity index (χ1v) is 9.12. The molecule has 3 aromatic heterocycles. The molecular weight excluding hydrogens is 340 g/mol. The first-order chi connectivity index (χ1) is 12.2. The van der Waals surface area contributed by atoms with Crippen molar-refractivity contribution in [3.8, 4) is 10.8 Å². The fourth-order valence-corrected chi connectivity index (χ4v) is 3.77. The van der Waals surface area contributed by atoms with Crippen LogP contribution in [-0.2, 0) is 6.54 Å². The number of carbonyl (C=O) groups excluding carboxylic acids is 1. The SMILES string of the molecule is CCn1cc(C(=O)N2CCC[C@H]2c2nnc(-c3scnc3C)o2)cn1. The van der Waals surface area contributed by atoms with Crippen LogP contribution in [0.15, 0.2) is 22.3 Å². The average Bonchev–Trinajstić information content (AvgIpc) is 3.38. The normalized spacial score (nSPS) is 17.4. The van der Waals surface area contributed by atoms with Gasteiger partial charge >= 0.3 is 0 Å². The number of hydrogen-bond donors (Lipinski definition) is 0. The highest BCUT2D eigenvalue weighted by Crippen LogP contribution is 2.34. The minimum atomic E-state index is -0.188. The van der Waals surface area contributed by atoms with Gasteiger partial charge in [-0.05, 0) is 26.7 Å². The second-order valence-corrected chi connectivity index (χ2v) is 6.81. The molecule has 0 radical (unpaired) electrons. The Morgan fingerprint density at radius 3 is 3.04 bits per heavy atom. The van der Waals surface area contributed by atoms with Crippen molar-refractivity contribution in [2.24, 2.45) is 0 Å². The lowest BCUT2D eigenvalue weighted by molar-refractivity contribution is 0.0716. The van der Waals surface area contributed by atoms with Crippen molar-refractivity contribution >= 4 is 17.2 Å². The van der Waals surface area contributed by atoms with Crippen LogP contribution in [0.5, 0.6) is 0 Å². The quantitative estimate of drug-likeness (QED) is 0.712. The summed E-state index contributed by atoms with van der Waals surface area (Å²) in [6.07, 6.45) is 5.12. The lowest BCUT2D eigenvalue weighted by Gasteiger charge is -2.21. The fourth-order valence-electron chi connectivity index (χ4n) is 3.05. The number of amides is 1. The molecule has 3 aromatic rings. The highest BCUT2D eigenvalue weighted by atomic mass is 32.1. The van der Waals surface area contributed by atoms with Crippen LogP contribution < -0.4 is 0 Å². The zero-order valence-electron chi connectivity index (χ0n) is 14.0. The number of rotatable bonds is 4. The number of carbonyl (C=O) groups is 1. The molecule has 4 rings (SSSR count). The van der Waals surface area contributed by atoms with E-state index in [4.69, 9.17) is 4.42 Å². The summed E-state index contributed by atoms with van der Waals surface area (Å²) in [5.41, 5.74) is 3.21. The first kappa shape index (κ1) is 15.9. The third-order valence-electron chi connectivity index (χ3n) is 4.38. The summed E-state index contributed by atoms with van der Waals surface area (Å²) in [4.78, 5) is 19.7. The summed E-state index contributed by atoms with van der Waals surface area (Å²) in [5, 5.41) is 12.5. The molecular formula is C16H18N6O2S. The number of hydrogen-bond acceptors (Lipinski definition) is 7. The van der Waals surface area contributed by atoms with Gasteiger partial charge in [-0.3, -0.25) is 9.48 Å². The molecule has 1 saturated heterocycles. The Balaban J connectivity index is 1.58. The van der Waals surface area contributed by atoms with Crippen molar-refractivity contribution in [1.82, 2.24) is 29.9 Å². The third-order valence-corrected chi connectivity index (χ3v) is 5.30. The van der Waals surface area contributed by atoms with E-state index in [1.807, 2.05) is 13.8 Å². The van der Waals surface area contributed by atoms with Crippen LogP contribution >= 0.6 is 11.3 Å². The molecule has 1 atom stereocenters. The minimum absolute atomic E-state index is 0.0454. The molecule has 0 bridgehead atoms. The van der Waals surface area contributed by atoms with Gasteiger partial charge in [-0.2, -0.15) is 5.10 Å². The van der Waals surface area contributed by atoms with E-state index < -0.39 is 0 Å². The fraction of sp³-hybridized carbons (Fsp3) is 0.438. The maximum atomic E-state index is 12.8. The zero-order valence-corrected chi connectivity index (χ0v) is 14.9. The number of thiazole rings is 1. The summed E-state index contributed by atoms with van der Waals surface area (Å²) in [6.45, 7) is 5.31. The van der Waals surface area contributed by atoms with Gasteiger partial charge in [0.25, 0.3) is 11.8 Å². The number of likely N-dealkylation sites (tertiary alicyclic amines) is 1.